The number of nitrogens with two attached hydrogens (primary N) is 2. The third-order valence-electron chi connectivity index (χ3n) is 3.04. The van der Waals surface area contributed by atoms with Gasteiger partial charge in [-0.15, -0.1) is 0 Å². The zero-order chi connectivity index (χ0) is 14.1. The molecule has 1 atom stereocenters. The molecule has 0 saturated carbocycles. The van der Waals surface area contributed by atoms with Crippen LogP contribution in [0.5, 0.6) is 0 Å². The second-order valence-corrected chi connectivity index (χ2v) is 5.08. The van der Waals surface area contributed by atoms with Gasteiger partial charge in [0.05, 0.1) is 11.7 Å². The monoisotopic (exact) mass is 254 g/mol. The van der Waals surface area contributed by atoms with Crippen LogP contribution >= 0.6 is 0 Å². The first kappa shape index (κ1) is 14.0. The molecule has 6 N–H and O–H groups in total. The lowest BCUT2D eigenvalue weighted by atomic mass is 9.71. The van der Waals surface area contributed by atoms with Crippen molar-refractivity contribution in [1.82, 2.24) is 10.6 Å². The van der Waals surface area contributed by atoms with Crippen molar-refractivity contribution >= 4 is 17.8 Å². The van der Waals surface area contributed by atoms with Crippen LogP contribution in [0.4, 0.5) is 9.59 Å². The van der Waals surface area contributed by atoms with Gasteiger partial charge in [-0.25, -0.2) is 9.59 Å². The highest BCUT2D eigenvalue weighted by Gasteiger charge is 2.40. The first-order valence-corrected chi connectivity index (χ1v) is 5.51. The second kappa shape index (κ2) is 4.67. The summed E-state index contributed by atoms with van der Waals surface area (Å²) >= 11 is 0. The van der Waals surface area contributed by atoms with Crippen LogP contribution in [0.15, 0.2) is 11.3 Å². The first-order chi connectivity index (χ1) is 8.15. The fourth-order valence-electron chi connectivity index (χ4n) is 2.29. The normalized spacial score (nSPS) is 22.6. The van der Waals surface area contributed by atoms with E-state index in [0.717, 1.165) is 0 Å². The van der Waals surface area contributed by atoms with E-state index >= 15 is 0 Å². The summed E-state index contributed by atoms with van der Waals surface area (Å²) in [4.78, 5) is 33.8. The third kappa shape index (κ3) is 2.79. The van der Waals surface area contributed by atoms with E-state index < -0.39 is 23.5 Å². The van der Waals surface area contributed by atoms with Crippen LogP contribution in [-0.2, 0) is 4.79 Å². The Kier molecular flexibility index (Phi) is 3.64. The van der Waals surface area contributed by atoms with Crippen LogP contribution < -0.4 is 22.1 Å². The smallest absolute Gasteiger partial charge is 0.316 e. The van der Waals surface area contributed by atoms with Crippen LogP contribution in [0.1, 0.15) is 27.2 Å². The summed E-state index contributed by atoms with van der Waals surface area (Å²) in [5.41, 5.74) is 10.3. The molecule has 0 aromatic rings. The molecule has 7 heteroatoms. The number of urea groups is 2. The average Bonchev–Trinajstić information content (AvgIpc) is 2.18. The molecule has 0 aromatic carbocycles. The number of hydrogen-bond acceptors (Lipinski definition) is 3. The number of ketones is 1. The van der Waals surface area contributed by atoms with Crippen molar-refractivity contribution in [2.24, 2.45) is 16.9 Å². The van der Waals surface area contributed by atoms with E-state index in [1.807, 2.05) is 13.8 Å². The molecule has 1 rings (SSSR count). The lowest BCUT2D eigenvalue weighted by molar-refractivity contribution is -0.118. The fourth-order valence-corrected chi connectivity index (χ4v) is 2.29. The summed E-state index contributed by atoms with van der Waals surface area (Å²) in [5.74, 6) is -0.209. The predicted molar refractivity (Wildman–Crippen MR) is 65.3 cm³/mol. The molecule has 4 amide bonds. The molecule has 0 radical (unpaired) electrons. The summed E-state index contributed by atoms with van der Waals surface area (Å²) in [6, 6.07) is -1.91. The number of rotatable bonds is 2. The Labute approximate surface area is 105 Å². The number of nitrogens with one attached hydrogen (secondary N) is 2. The molecule has 7 nitrogen and oxygen atoms in total. The van der Waals surface area contributed by atoms with Crippen molar-refractivity contribution in [3.05, 3.63) is 11.3 Å². The Hall–Kier alpha value is -2.05. The molecule has 18 heavy (non-hydrogen) atoms. The molecule has 0 aromatic heterocycles. The van der Waals surface area contributed by atoms with Crippen molar-refractivity contribution in [3.8, 4) is 0 Å². The van der Waals surface area contributed by atoms with Gasteiger partial charge in [-0.05, 0) is 17.9 Å². The van der Waals surface area contributed by atoms with Gasteiger partial charge in [-0.3, -0.25) is 4.79 Å². The maximum absolute atomic E-state index is 11.9. The molecule has 1 unspecified atom stereocenters. The summed E-state index contributed by atoms with van der Waals surface area (Å²) in [6.07, 6.45) is 0.185. The maximum atomic E-state index is 11.9. The van der Waals surface area contributed by atoms with Gasteiger partial charge >= 0.3 is 12.1 Å². The standard InChI is InChI=1S/C11H18N4O3/c1-5-7(14-9(12)17)6(16)4-11(2,3)8(5)15-10(13)18/h8H,4H2,1-3H3,(H3,12,14,17)(H3,13,15,18). The zero-order valence-electron chi connectivity index (χ0n) is 10.7. The van der Waals surface area contributed by atoms with Crippen LogP contribution in [0.25, 0.3) is 0 Å². The van der Waals surface area contributed by atoms with Gasteiger partial charge in [0.1, 0.15) is 0 Å². The maximum Gasteiger partial charge on any atom is 0.316 e. The minimum atomic E-state index is -0.810. The Morgan fingerprint density at radius 1 is 1.28 bits per heavy atom. The van der Waals surface area contributed by atoms with Gasteiger partial charge in [-0.2, -0.15) is 0 Å². The van der Waals surface area contributed by atoms with E-state index in [4.69, 9.17) is 11.5 Å². The van der Waals surface area contributed by atoms with Gasteiger partial charge < -0.3 is 22.1 Å². The predicted octanol–water partition coefficient (Wildman–Crippen LogP) is -0.0354. The lowest BCUT2D eigenvalue weighted by Gasteiger charge is -2.39. The zero-order valence-corrected chi connectivity index (χ0v) is 10.7. The van der Waals surface area contributed by atoms with Crippen LogP contribution in [0, 0.1) is 5.41 Å². The van der Waals surface area contributed by atoms with Crippen molar-refractivity contribution in [1.29, 1.82) is 0 Å². The number of carbonyl (C=O) groups is 3. The molecule has 0 fully saturated rings. The fraction of sp³-hybridized carbons (Fsp3) is 0.545. The number of allylic oxidation sites excluding steroid dienone is 1. The van der Waals surface area contributed by atoms with Crippen molar-refractivity contribution in [3.63, 3.8) is 0 Å². The van der Waals surface area contributed by atoms with Gasteiger partial charge in [-0.1, -0.05) is 13.8 Å². The number of primary amides is 2. The van der Waals surface area contributed by atoms with Gasteiger partial charge in [0.25, 0.3) is 0 Å². The van der Waals surface area contributed by atoms with Gasteiger partial charge in [0.15, 0.2) is 5.78 Å². The van der Waals surface area contributed by atoms with E-state index in [9.17, 15) is 14.4 Å². The first-order valence-electron chi connectivity index (χ1n) is 5.51. The van der Waals surface area contributed by atoms with E-state index in [1.54, 1.807) is 6.92 Å². The number of carbonyl (C=O) groups excluding carboxylic acids is 3. The Balaban J connectivity index is 3.18. The van der Waals surface area contributed by atoms with Crippen molar-refractivity contribution < 1.29 is 14.4 Å². The van der Waals surface area contributed by atoms with Gasteiger partial charge in [0.2, 0.25) is 0 Å². The minimum absolute atomic E-state index is 0.139. The molecule has 100 valence electrons. The molecule has 0 saturated heterocycles. The molecule has 0 spiro atoms. The Morgan fingerprint density at radius 3 is 2.28 bits per heavy atom. The topological polar surface area (TPSA) is 127 Å². The largest absolute Gasteiger partial charge is 0.352 e. The Morgan fingerprint density at radius 2 is 1.83 bits per heavy atom. The molecule has 1 aliphatic rings. The van der Waals surface area contributed by atoms with Gasteiger partial charge in [0, 0.05) is 6.42 Å². The lowest BCUT2D eigenvalue weighted by Crippen LogP contribution is -2.53. The van der Waals surface area contributed by atoms with Crippen LogP contribution in [-0.4, -0.2) is 23.9 Å². The van der Waals surface area contributed by atoms with Crippen molar-refractivity contribution in [2.45, 2.75) is 33.2 Å². The highest BCUT2D eigenvalue weighted by Crippen LogP contribution is 2.36. The molecular weight excluding hydrogens is 236 g/mol. The number of hydrogen-bond donors (Lipinski definition) is 4. The minimum Gasteiger partial charge on any atom is -0.352 e. The van der Waals surface area contributed by atoms with Crippen molar-refractivity contribution in [2.75, 3.05) is 0 Å². The summed E-state index contributed by atoms with van der Waals surface area (Å²) in [6.45, 7) is 5.34. The van der Waals surface area contributed by atoms with Crippen LogP contribution in [0.2, 0.25) is 0 Å². The number of Topliss-reactive ketones (excluding diaryl/α,β-unsaturated/α-hetero) is 1. The second-order valence-electron chi connectivity index (χ2n) is 5.08. The SMILES string of the molecule is CC1=C(NC(N)=O)C(=O)CC(C)(C)C1NC(N)=O. The van der Waals surface area contributed by atoms with E-state index in [0.29, 0.717) is 5.57 Å². The molecule has 0 heterocycles. The quantitative estimate of drug-likeness (QED) is 0.552. The van der Waals surface area contributed by atoms with E-state index in [2.05, 4.69) is 10.6 Å². The average molecular weight is 254 g/mol. The van der Waals surface area contributed by atoms with Crippen LogP contribution in [0.3, 0.4) is 0 Å². The third-order valence-corrected chi connectivity index (χ3v) is 3.04. The molecular formula is C11H18N4O3. The summed E-state index contributed by atoms with van der Waals surface area (Å²) in [5, 5.41) is 4.88. The van der Waals surface area contributed by atoms with E-state index in [1.165, 1.54) is 0 Å². The summed E-state index contributed by atoms with van der Waals surface area (Å²) in [7, 11) is 0. The summed E-state index contributed by atoms with van der Waals surface area (Å²) < 4.78 is 0. The molecule has 0 bridgehead atoms. The molecule has 0 aliphatic heterocycles. The highest BCUT2D eigenvalue weighted by molar-refractivity contribution is 6.00. The number of amides is 4. The molecule has 1 aliphatic carbocycles. The van der Waals surface area contributed by atoms with E-state index in [-0.39, 0.29) is 17.9 Å². The Bertz CT molecular complexity index is 440. The highest BCUT2D eigenvalue weighted by atomic mass is 16.2.